The molecule has 0 rings (SSSR count). The first-order chi connectivity index (χ1) is 24.3. The van der Waals surface area contributed by atoms with Gasteiger partial charge >= 0.3 is 5.97 Å². The van der Waals surface area contributed by atoms with Crippen LogP contribution in [0.2, 0.25) is 0 Å². The lowest BCUT2D eigenvalue weighted by atomic mass is 10.0. The van der Waals surface area contributed by atoms with Gasteiger partial charge in [-0.25, -0.2) is 0 Å². The molecule has 2 atom stereocenters. The summed E-state index contributed by atoms with van der Waals surface area (Å²) >= 11 is 0. The highest BCUT2D eigenvalue weighted by molar-refractivity contribution is 5.87. The zero-order valence-corrected chi connectivity index (χ0v) is 31.4. The number of rotatable bonds is 38. The molecule has 0 aromatic carbocycles. The molecule has 50 heavy (non-hydrogen) atoms. The Morgan fingerprint density at radius 2 is 1.02 bits per heavy atom. The van der Waals surface area contributed by atoms with E-state index in [4.69, 9.17) is 19.3 Å². The summed E-state index contributed by atoms with van der Waals surface area (Å²) in [6.45, 7) is 7.38. The van der Waals surface area contributed by atoms with Crippen LogP contribution in [0.3, 0.4) is 0 Å². The van der Waals surface area contributed by atoms with Crippen LogP contribution in [0, 0.1) is 0 Å². The summed E-state index contributed by atoms with van der Waals surface area (Å²) in [7, 11) is 0. The van der Waals surface area contributed by atoms with Crippen molar-refractivity contribution in [2.45, 2.75) is 155 Å². The van der Waals surface area contributed by atoms with Gasteiger partial charge in [-0.15, -0.1) is 0 Å². The SMILES string of the molecule is CCC(=O)NC(CCCNC(O)CC)C(=O)NCCOCCOCCOCCNC(=O)CCCCCCCCCCCCCCCCC(=O)O. The molecule has 0 aliphatic heterocycles. The van der Waals surface area contributed by atoms with Crippen molar-refractivity contribution in [3.63, 3.8) is 0 Å². The highest BCUT2D eigenvalue weighted by Crippen LogP contribution is 2.13. The van der Waals surface area contributed by atoms with Crippen LogP contribution in [-0.2, 0) is 33.4 Å². The zero-order valence-electron chi connectivity index (χ0n) is 31.4. The number of ether oxygens (including phenoxy) is 3. The van der Waals surface area contributed by atoms with Crippen LogP contribution < -0.4 is 21.3 Å². The smallest absolute Gasteiger partial charge is 0.303 e. The lowest BCUT2D eigenvalue weighted by molar-refractivity contribution is -0.137. The quantitative estimate of drug-likeness (QED) is 0.0390. The number of aliphatic hydroxyl groups excluding tert-OH is 1. The molecule has 0 fully saturated rings. The van der Waals surface area contributed by atoms with Gasteiger partial charge in [-0.05, 0) is 38.6 Å². The van der Waals surface area contributed by atoms with Crippen molar-refractivity contribution in [2.75, 3.05) is 59.3 Å². The van der Waals surface area contributed by atoms with E-state index < -0.39 is 18.2 Å². The molecule has 0 bridgehead atoms. The number of amides is 3. The number of aliphatic carboxylic acids is 1. The van der Waals surface area contributed by atoms with Crippen molar-refractivity contribution in [2.24, 2.45) is 0 Å². The van der Waals surface area contributed by atoms with Gasteiger partial charge in [0.05, 0.1) is 39.6 Å². The van der Waals surface area contributed by atoms with Crippen LogP contribution in [0.4, 0.5) is 0 Å². The van der Waals surface area contributed by atoms with Gasteiger partial charge in [0.1, 0.15) is 12.3 Å². The molecule has 0 saturated heterocycles. The van der Waals surface area contributed by atoms with Gasteiger partial charge in [0.2, 0.25) is 17.7 Å². The van der Waals surface area contributed by atoms with Crippen molar-refractivity contribution in [1.82, 2.24) is 21.3 Å². The number of nitrogens with one attached hydrogen (secondary N) is 4. The van der Waals surface area contributed by atoms with Crippen LogP contribution in [0.25, 0.3) is 0 Å². The number of hydrogen-bond donors (Lipinski definition) is 6. The molecular weight excluding hydrogens is 644 g/mol. The third kappa shape index (κ3) is 34.1. The highest BCUT2D eigenvalue weighted by atomic mass is 16.5. The standard InChI is InChI=1S/C37H72N4O9/c1-3-33(42)38-23-19-20-32(41-34(43)4-2)37(47)40-25-27-49-29-31-50-30-28-48-26-24-39-35(44)21-17-15-13-11-9-7-5-6-8-10-12-14-16-18-22-36(45)46/h32-33,38,42H,3-31H2,1-2H3,(H,39,44)(H,40,47)(H,41,43)(H,45,46). The second-order valence-corrected chi connectivity index (χ2v) is 12.8. The summed E-state index contributed by atoms with van der Waals surface area (Å²) in [5, 5.41) is 29.6. The molecule has 13 nitrogen and oxygen atoms in total. The molecule has 0 radical (unpaired) electrons. The average molecular weight is 717 g/mol. The summed E-state index contributed by atoms with van der Waals surface area (Å²) < 4.78 is 16.5. The molecule has 3 amide bonds. The Hall–Kier alpha value is -2.32. The van der Waals surface area contributed by atoms with Gasteiger partial charge in [-0.3, -0.25) is 24.5 Å². The molecule has 0 aliphatic rings. The highest BCUT2D eigenvalue weighted by Gasteiger charge is 2.19. The Labute approximate surface area is 302 Å². The van der Waals surface area contributed by atoms with Gasteiger partial charge in [-0.2, -0.15) is 0 Å². The van der Waals surface area contributed by atoms with Crippen LogP contribution in [0.15, 0.2) is 0 Å². The number of carboxylic acid groups (broad SMARTS) is 1. The van der Waals surface area contributed by atoms with E-state index in [1.165, 1.54) is 57.8 Å². The average Bonchev–Trinajstić information content (AvgIpc) is 3.10. The molecule has 294 valence electrons. The van der Waals surface area contributed by atoms with Crippen molar-refractivity contribution in [3.05, 3.63) is 0 Å². The summed E-state index contributed by atoms with van der Waals surface area (Å²) in [5.74, 6) is -1.05. The van der Waals surface area contributed by atoms with Gasteiger partial charge in [0.15, 0.2) is 0 Å². The minimum absolute atomic E-state index is 0.0711. The second kappa shape index (κ2) is 36.5. The van der Waals surface area contributed by atoms with Crippen LogP contribution >= 0.6 is 0 Å². The van der Waals surface area contributed by atoms with Crippen molar-refractivity contribution < 1.29 is 43.6 Å². The third-order valence-corrected chi connectivity index (χ3v) is 8.31. The Kier molecular flexibility index (Phi) is 34.8. The van der Waals surface area contributed by atoms with Crippen molar-refractivity contribution in [1.29, 1.82) is 0 Å². The molecule has 0 saturated carbocycles. The lowest BCUT2D eigenvalue weighted by Crippen LogP contribution is -2.47. The van der Waals surface area contributed by atoms with Gasteiger partial charge in [-0.1, -0.05) is 90.9 Å². The molecule has 0 spiro atoms. The fraction of sp³-hybridized carbons (Fsp3) is 0.892. The topological polar surface area (TPSA) is 185 Å². The van der Waals surface area contributed by atoms with Crippen molar-refractivity contribution in [3.8, 4) is 0 Å². The number of carbonyl (C=O) groups is 4. The molecule has 0 aliphatic carbocycles. The number of carbonyl (C=O) groups excluding carboxylic acids is 3. The van der Waals surface area contributed by atoms with E-state index in [9.17, 15) is 24.3 Å². The van der Waals surface area contributed by atoms with Crippen LogP contribution in [0.1, 0.15) is 142 Å². The predicted octanol–water partition coefficient (Wildman–Crippen LogP) is 4.59. The summed E-state index contributed by atoms with van der Waals surface area (Å²) in [4.78, 5) is 46.9. The molecule has 13 heteroatoms. The molecular formula is C37H72N4O9. The Balaban J connectivity index is 3.51. The molecule has 6 N–H and O–H groups in total. The fourth-order valence-corrected chi connectivity index (χ4v) is 5.23. The third-order valence-electron chi connectivity index (χ3n) is 8.31. The van der Waals surface area contributed by atoms with E-state index in [0.29, 0.717) is 97.8 Å². The Morgan fingerprint density at radius 3 is 1.50 bits per heavy atom. The molecule has 0 aromatic heterocycles. The van der Waals surface area contributed by atoms with Crippen molar-refractivity contribution >= 4 is 23.7 Å². The van der Waals surface area contributed by atoms with E-state index in [0.717, 1.165) is 32.1 Å². The van der Waals surface area contributed by atoms with Gasteiger partial charge < -0.3 is 40.4 Å². The summed E-state index contributed by atoms with van der Waals surface area (Å²) in [6, 6.07) is -0.626. The predicted molar refractivity (Wildman–Crippen MR) is 196 cm³/mol. The second-order valence-electron chi connectivity index (χ2n) is 12.8. The van der Waals surface area contributed by atoms with E-state index in [1.807, 2.05) is 6.92 Å². The first-order valence-corrected chi connectivity index (χ1v) is 19.5. The number of aliphatic hydroxyl groups is 1. The number of unbranched alkanes of at least 4 members (excludes halogenated alkanes) is 13. The fourth-order valence-electron chi connectivity index (χ4n) is 5.23. The number of carboxylic acids is 1. The Bertz CT molecular complexity index is 835. The normalized spacial score (nSPS) is 12.4. The number of hydrogen-bond acceptors (Lipinski definition) is 9. The van der Waals surface area contributed by atoms with Gasteiger partial charge in [0.25, 0.3) is 0 Å². The van der Waals surface area contributed by atoms with Crippen LogP contribution in [0.5, 0.6) is 0 Å². The van der Waals surface area contributed by atoms with Gasteiger partial charge in [0, 0.05) is 32.4 Å². The molecule has 0 heterocycles. The minimum Gasteiger partial charge on any atom is -0.481 e. The summed E-state index contributed by atoms with van der Waals surface area (Å²) in [5.41, 5.74) is 0. The monoisotopic (exact) mass is 717 g/mol. The van der Waals surface area contributed by atoms with E-state index in [2.05, 4.69) is 21.3 Å². The maximum Gasteiger partial charge on any atom is 0.303 e. The maximum absolute atomic E-state index is 12.5. The molecule has 2 unspecified atom stereocenters. The Morgan fingerprint density at radius 1 is 0.560 bits per heavy atom. The van der Waals surface area contributed by atoms with Crippen LogP contribution in [-0.4, -0.2) is 105 Å². The largest absolute Gasteiger partial charge is 0.481 e. The van der Waals surface area contributed by atoms with E-state index in [1.54, 1.807) is 6.92 Å². The maximum atomic E-state index is 12.5. The first-order valence-electron chi connectivity index (χ1n) is 19.5. The van der Waals surface area contributed by atoms with E-state index >= 15 is 0 Å². The summed E-state index contributed by atoms with van der Waals surface area (Å²) in [6.07, 6.45) is 18.6. The molecule has 0 aromatic rings. The first kappa shape index (κ1) is 47.7. The minimum atomic E-state index is -0.689. The lowest BCUT2D eigenvalue weighted by Gasteiger charge is -2.19. The zero-order chi connectivity index (χ0) is 36.9. The van der Waals surface area contributed by atoms with E-state index in [-0.39, 0.29) is 17.7 Å².